The van der Waals surface area contributed by atoms with E-state index < -0.39 is 18.8 Å². The number of fused-ring (bicyclic) bond motifs is 1. The van der Waals surface area contributed by atoms with E-state index in [1.54, 1.807) is 6.20 Å². The largest absolute Gasteiger partial charge is 0.416 e. The molecule has 0 amide bonds. The molecule has 0 saturated carbocycles. The molecule has 0 aliphatic heterocycles. The second-order valence-electron chi connectivity index (χ2n) is 3.51. The summed E-state index contributed by atoms with van der Waals surface area (Å²) in [6, 6.07) is 1.47. The van der Waals surface area contributed by atoms with Gasteiger partial charge in [-0.15, -0.1) is 0 Å². The molecule has 0 radical (unpaired) electrons. The summed E-state index contributed by atoms with van der Waals surface area (Å²) in [6.07, 6.45) is -4.00. The van der Waals surface area contributed by atoms with E-state index in [9.17, 15) is 13.2 Å². The monoisotopic (exact) mass is 324 g/mol. The molecule has 5 nitrogen and oxygen atoms in total. The molecule has 0 unspecified atom stereocenters. The predicted molar refractivity (Wildman–Crippen MR) is 61.2 cm³/mol. The average molecular weight is 325 g/mol. The van der Waals surface area contributed by atoms with Crippen molar-refractivity contribution in [1.82, 2.24) is 14.6 Å². The van der Waals surface area contributed by atoms with E-state index in [1.165, 1.54) is 16.8 Å². The van der Waals surface area contributed by atoms with Crippen molar-refractivity contribution in [2.75, 3.05) is 11.9 Å². The van der Waals surface area contributed by atoms with Crippen LogP contribution in [0.2, 0.25) is 0 Å². The number of hydrogen-bond acceptors (Lipinski definition) is 4. The molecule has 18 heavy (non-hydrogen) atoms. The molecule has 2 rings (SSSR count). The molecule has 98 valence electrons. The van der Waals surface area contributed by atoms with Gasteiger partial charge >= 0.3 is 6.18 Å². The summed E-state index contributed by atoms with van der Waals surface area (Å²) in [4.78, 5) is 4.05. The lowest BCUT2D eigenvalue weighted by atomic mass is 10.3. The summed E-state index contributed by atoms with van der Waals surface area (Å²) in [5.41, 5.74) is 0.474. The lowest BCUT2D eigenvalue weighted by molar-refractivity contribution is -0.198. The maximum atomic E-state index is 12.1. The van der Waals surface area contributed by atoms with Crippen molar-refractivity contribution >= 4 is 27.4 Å². The van der Waals surface area contributed by atoms with Gasteiger partial charge in [-0.1, -0.05) is 0 Å². The Kier molecular flexibility index (Phi) is 3.44. The second kappa shape index (κ2) is 4.73. The zero-order valence-corrected chi connectivity index (χ0v) is 10.4. The smallest absolute Gasteiger partial charge is 0.382 e. The van der Waals surface area contributed by atoms with Crippen molar-refractivity contribution in [3.05, 3.63) is 22.9 Å². The summed E-state index contributed by atoms with van der Waals surface area (Å²) >= 11 is 3.21. The van der Waals surface area contributed by atoms with Crippen LogP contribution in [0.5, 0.6) is 0 Å². The van der Waals surface area contributed by atoms with Gasteiger partial charge in [-0.25, -0.2) is 9.50 Å². The molecule has 2 aromatic rings. The molecule has 2 N–H and O–H groups in total. The van der Waals surface area contributed by atoms with Crippen LogP contribution in [0.4, 0.5) is 19.0 Å². The number of aliphatic hydroxyl groups excluding tert-OH is 1. The molecular formula is C9H8BrF3N4O. The highest BCUT2D eigenvalue weighted by Crippen LogP contribution is 2.21. The van der Waals surface area contributed by atoms with Crippen LogP contribution in [0.3, 0.4) is 0 Å². The minimum Gasteiger partial charge on any atom is -0.382 e. The van der Waals surface area contributed by atoms with Gasteiger partial charge in [0.2, 0.25) is 0 Å². The molecule has 0 spiro atoms. The summed E-state index contributed by atoms with van der Waals surface area (Å²) in [5, 5.41) is 15.2. The van der Waals surface area contributed by atoms with Crippen molar-refractivity contribution in [3.63, 3.8) is 0 Å². The Hall–Kier alpha value is -1.35. The van der Waals surface area contributed by atoms with Gasteiger partial charge in [0.15, 0.2) is 11.8 Å². The van der Waals surface area contributed by atoms with E-state index in [-0.39, 0.29) is 5.82 Å². The normalized spacial score (nSPS) is 13.8. The van der Waals surface area contributed by atoms with Crippen LogP contribution < -0.4 is 5.32 Å². The highest BCUT2D eigenvalue weighted by molar-refractivity contribution is 9.10. The molecule has 1 atom stereocenters. The van der Waals surface area contributed by atoms with E-state index in [0.29, 0.717) is 10.1 Å². The lowest BCUT2D eigenvalue weighted by Crippen LogP contribution is -2.35. The van der Waals surface area contributed by atoms with Crippen LogP contribution in [-0.2, 0) is 0 Å². The maximum absolute atomic E-state index is 12.1. The number of nitrogens with zero attached hydrogens (tertiary/aromatic N) is 3. The van der Waals surface area contributed by atoms with Gasteiger partial charge in [-0.05, 0) is 22.0 Å². The molecule has 0 bridgehead atoms. The summed E-state index contributed by atoms with van der Waals surface area (Å²) < 4.78 is 38.4. The fourth-order valence-corrected chi connectivity index (χ4v) is 1.62. The Morgan fingerprint density at radius 2 is 2.22 bits per heavy atom. The van der Waals surface area contributed by atoms with Gasteiger partial charge < -0.3 is 10.4 Å². The van der Waals surface area contributed by atoms with E-state index in [0.717, 1.165) is 0 Å². The minimum absolute atomic E-state index is 0.229. The number of aliphatic hydroxyl groups is 1. The summed E-state index contributed by atoms with van der Waals surface area (Å²) in [5.74, 6) is 0.229. The van der Waals surface area contributed by atoms with Crippen molar-refractivity contribution in [2.24, 2.45) is 0 Å². The first-order valence-electron chi connectivity index (χ1n) is 4.86. The van der Waals surface area contributed by atoms with Gasteiger partial charge in [-0.2, -0.15) is 18.3 Å². The number of nitrogens with one attached hydrogen (secondary N) is 1. The quantitative estimate of drug-likeness (QED) is 0.904. The molecule has 9 heteroatoms. The van der Waals surface area contributed by atoms with Crippen molar-refractivity contribution in [1.29, 1.82) is 0 Å². The third-order valence-electron chi connectivity index (χ3n) is 2.18. The molecule has 0 aliphatic rings. The van der Waals surface area contributed by atoms with Crippen molar-refractivity contribution in [3.8, 4) is 0 Å². The van der Waals surface area contributed by atoms with Crippen LogP contribution in [0, 0.1) is 0 Å². The van der Waals surface area contributed by atoms with Gasteiger partial charge in [0, 0.05) is 6.20 Å². The van der Waals surface area contributed by atoms with E-state index in [2.05, 4.69) is 31.3 Å². The standard InChI is InChI=1S/C9H8BrF3N4O/c10-5-3-15-17-2-1-7(16-8(5)17)14-4-6(18)9(11,12)13/h1-3,6,18H,4H2,(H,14,16)/t6-/m0/s1. The third-order valence-corrected chi connectivity index (χ3v) is 2.74. The first kappa shape index (κ1) is 13.1. The Bertz CT molecular complexity index is 556. The minimum atomic E-state index is -4.64. The highest BCUT2D eigenvalue weighted by Gasteiger charge is 2.37. The molecule has 0 aliphatic carbocycles. The molecule has 0 aromatic carbocycles. The second-order valence-corrected chi connectivity index (χ2v) is 4.37. The Labute approximate surface area is 108 Å². The zero-order chi connectivity index (χ0) is 13.3. The Morgan fingerprint density at radius 1 is 1.50 bits per heavy atom. The molecule has 0 fully saturated rings. The van der Waals surface area contributed by atoms with E-state index >= 15 is 0 Å². The number of halogens is 4. The van der Waals surface area contributed by atoms with Gasteiger partial charge in [-0.3, -0.25) is 0 Å². The molecule has 0 saturated heterocycles. The van der Waals surface area contributed by atoms with Crippen LogP contribution in [0.15, 0.2) is 22.9 Å². The SMILES string of the molecule is O[C@@H](CNc1ccn2ncc(Br)c2n1)C(F)(F)F. The zero-order valence-electron chi connectivity index (χ0n) is 8.82. The van der Waals surface area contributed by atoms with E-state index in [4.69, 9.17) is 5.11 Å². The van der Waals surface area contributed by atoms with Crippen LogP contribution in [0.1, 0.15) is 0 Å². The summed E-state index contributed by atoms with van der Waals surface area (Å²) in [7, 11) is 0. The fourth-order valence-electron chi connectivity index (χ4n) is 1.26. The van der Waals surface area contributed by atoms with Gasteiger partial charge in [0.25, 0.3) is 0 Å². The number of alkyl halides is 3. The van der Waals surface area contributed by atoms with Gasteiger partial charge in [0.1, 0.15) is 5.82 Å². The van der Waals surface area contributed by atoms with Crippen LogP contribution in [-0.4, -0.2) is 38.5 Å². The van der Waals surface area contributed by atoms with Crippen molar-refractivity contribution in [2.45, 2.75) is 12.3 Å². The average Bonchev–Trinajstić information content (AvgIpc) is 2.66. The van der Waals surface area contributed by atoms with Crippen LogP contribution in [0.25, 0.3) is 5.65 Å². The summed E-state index contributed by atoms with van der Waals surface area (Å²) in [6.45, 7) is -0.654. The van der Waals surface area contributed by atoms with Crippen LogP contribution >= 0.6 is 15.9 Å². The number of aromatic nitrogens is 3. The lowest BCUT2D eigenvalue weighted by Gasteiger charge is -2.15. The number of anilines is 1. The van der Waals surface area contributed by atoms with E-state index in [1.807, 2.05) is 0 Å². The molecule has 2 heterocycles. The fraction of sp³-hybridized carbons (Fsp3) is 0.333. The maximum Gasteiger partial charge on any atom is 0.416 e. The first-order chi connectivity index (χ1) is 8.38. The number of hydrogen-bond donors (Lipinski definition) is 2. The first-order valence-corrected chi connectivity index (χ1v) is 5.66. The van der Waals surface area contributed by atoms with Gasteiger partial charge in [0.05, 0.1) is 17.2 Å². The van der Waals surface area contributed by atoms with Crippen molar-refractivity contribution < 1.29 is 18.3 Å². The molecule has 2 aromatic heterocycles. The Balaban J connectivity index is 2.10. The molecular weight excluding hydrogens is 317 g/mol. The predicted octanol–water partition coefficient (Wildman–Crippen LogP) is 1.83. The highest BCUT2D eigenvalue weighted by atomic mass is 79.9. The Morgan fingerprint density at radius 3 is 2.89 bits per heavy atom. The number of rotatable bonds is 3. The third kappa shape index (κ3) is 2.72. The topological polar surface area (TPSA) is 62.5 Å².